The smallest absolute Gasteiger partial charge is 0.245 e. The largest absolute Gasteiger partial charge is 0.452 e. The van der Waals surface area contributed by atoms with E-state index in [-0.39, 0.29) is 5.91 Å². The molecule has 0 bridgehead atoms. The van der Waals surface area contributed by atoms with E-state index in [0.29, 0.717) is 10.4 Å². The van der Waals surface area contributed by atoms with Crippen LogP contribution in [0.3, 0.4) is 0 Å². The van der Waals surface area contributed by atoms with Crippen molar-refractivity contribution in [1.29, 1.82) is 0 Å². The third-order valence-corrected chi connectivity index (χ3v) is 3.93. The van der Waals surface area contributed by atoms with Gasteiger partial charge in [-0.1, -0.05) is 0 Å². The SMILES string of the molecule is CC(C(N)=O)(c1ccc(Br)o1)N1CCCNCC1. The van der Waals surface area contributed by atoms with E-state index in [1.165, 1.54) is 0 Å². The fraction of sp³-hybridized carbons (Fsp3) is 0.583. The Balaban J connectivity index is 2.33. The molecule has 6 heteroatoms. The van der Waals surface area contributed by atoms with Crippen molar-refractivity contribution < 1.29 is 9.21 Å². The van der Waals surface area contributed by atoms with Crippen LogP contribution >= 0.6 is 15.9 Å². The topological polar surface area (TPSA) is 71.5 Å². The Kier molecular flexibility index (Phi) is 4.09. The molecule has 1 aromatic rings. The summed E-state index contributed by atoms with van der Waals surface area (Å²) < 4.78 is 6.17. The minimum atomic E-state index is -0.891. The molecule has 2 heterocycles. The molecule has 1 amide bonds. The highest BCUT2D eigenvalue weighted by Crippen LogP contribution is 2.31. The molecule has 0 radical (unpaired) electrons. The summed E-state index contributed by atoms with van der Waals surface area (Å²) in [5.41, 5.74) is 4.73. The van der Waals surface area contributed by atoms with E-state index in [1.54, 1.807) is 12.1 Å². The van der Waals surface area contributed by atoms with Crippen LogP contribution in [0.1, 0.15) is 19.1 Å². The van der Waals surface area contributed by atoms with E-state index in [9.17, 15) is 4.79 Å². The molecule has 1 fully saturated rings. The van der Waals surface area contributed by atoms with Gasteiger partial charge in [-0.15, -0.1) is 0 Å². The average molecular weight is 316 g/mol. The maximum absolute atomic E-state index is 11.9. The molecule has 1 aliphatic rings. The van der Waals surface area contributed by atoms with Crippen LogP contribution < -0.4 is 11.1 Å². The Hall–Kier alpha value is -0.850. The first-order valence-electron chi connectivity index (χ1n) is 6.06. The number of hydrogen-bond donors (Lipinski definition) is 2. The zero-order valence-corrected chi connectivity index (χ0v) is 12.0. The fourth-order valence-electron chi connectivity index (χ4n) is 2.30. The molecule has 1 unspecified atom stereocenters. The zero-order chi connectivity index (χ0) is 13.2. The van der Waals surface area contributed by atoms with Crippen LogP contribution in [0.2, 0.25) is 0 Å². The van der Waals surface area contributed by atoms with E-state index in [4.69, 9.17) is 10.2 Å². The number of amides is 1. The van der Waals surface area contributed by atoms with Gasteiger partial charge in [-0.25, -0.2) is 0 Å². The van der Waals surface area contributed by atoms with Crippen molar-refractivity contribution in [3.63, 3.8) is 0 Å². The number of rotatable bonds is 3. The molecule has 1 aromatic heterocycles. The number of halogens is 1. The van der Waals surface area contributed by atoms with Crippen molar-refractivity contribution in [2.24, 2.45) is 5.73 Å². The van der Waals surface area contributed by atoms with Crippen molar-refractivity contribution >= 4 is 21.8 Å². The summed E-state index contributed by atoms with van der Waals surface area (Å²) in [6, 6.07) is 3.58. The van der Waals surface area contributed by atoms with Crippen LogP contribution in [-0.2, 0) is 10.3 Å². The molecular formula is C12H18BrN3O2. The Morgan fingerprint density at radius 3 is 2.89 bits per heavy atom. The van der Waals surface area contributed by atoms with Gasteiger partial charge in [0, 0.05) is 19.6 Å². The van der Waals surface area contributed by atoms with Gasteiger partial charge in [0.2, 0.25) is 5.91 Å². The van der Waals surface area contributed by atoms with E-state index in [0.717, 1.165) is 32.6 Å². The molecule has 0 spiro atoms. The molecule has 0 aliphatic carbocycles. The van der Waals surface area contributed by atoms with Crippen LogP contribution in [0.4, 0.5) is 0 Å². The Bertz CT molecular complexity index is 427. The Morgan fingerprint density at radius 1 is 1.50 bits per heavy atom. The monoisotopic (exact) mass is 315 g/mol. The van der Waals surface area contributed by atoms with Gasteiger partial charge in [0.15, 0.2) is 10.2 Å². The summed E-state index contributed by atoms with van der Waals surface area (Å²) in [5, 5.41) is 3.31. The second-order valence-corrected chi connectivity index (χ2v) is 5.41. The van der Waals surface area contributed by atoms with Crippen LogP contribution in [0, 0.1) is 0 Å². The summed E-state index contributed by atoms with van der Waals surface area (Å²) in [6.07, 6.45) is 0.991. The average Bonchev–Trinajstić information content (AvgIpc) is 2.62. The molecule has 0 saturated carbocycles. The highest BCUT2D eigenvalue weighted by molar-refractivity contribution is 9.10. The number of carbonyl (C=O) groups excluding carboxylic acids is 1. The van der Waals surface area contributed by atoms with Crippen LogP contribution in [0.25, 0.3) is 0 Å². The number of primary amides is 1. The van der Waals surface area contributed by atoms with Gasteiger partial charge >= 0.3 is 0 Å². The zero-order valence-electron chi connectivity index (χ0n) is 10.4. The Labute approximate surface area is 115 Å². The lowest BCUT2D eigenvalue weighted by atomic mass is 9.95. The van der Waals surface area contributed by atoms with Crippen LogP contribution in [-0.4, -0.2) is 37.0 Å². The molecule has 0 aromatic carbocycles. The van der Waals surface area contributed by atoms with Gasteiger partial charge in [-0.2, -0.15) is 0 Å². The standard InChI is InChI=1S/C12H18BrN3O2/c1-12(11(14)17,9-3-4-10(13)18-9)16-7-2-5-15-6-8-16/h3-4,15H,2,5-8H2,1H3,(H2,14,17). The van der Waals surface area contributed by atoms with Crippen molar-refractivity contribution in [3.05, 3.63) is 22.6 Å². The van der Waals surface area contributed by atoms with Crippen molar-refractivity contribution in [2.45, 2.75) is 18.9 Å². The summed E-state index contributed by atoms with van der Waals surface area (Å²) >= 11 is 3.26. The lowest BCUT2D eigenvalue weighted by Crippen LogP contribution is -2.53. The highest BCUT2D eigenvalue weighted by atomic mass is 79.9. The molecule has 100 valence electrons. The van der Waals surface area contributed by atoms with E-state index < -0.39 is 5.54 Å². The highest BCUT2D eigenvalue weighted by Gasteiger charge is 2.42. The second-order valence-electron chi connectivity index (χ2n) is 4.63. The maximum atomic E-state index is 11.9. The molecule has 1 atom stereocenters. The molecule has 1 saturated heterocycles. The van der Waals surface area contributed by atoms with Gasteiger partial charge in [0.25, 0.3) is 0 Å². The summed E-state index contributed by atoms with van der Waals surface area (Å²) in [5.74, 6) is 0.204. The number of nitrogens with two attached hydrogens (primary N) is 1. The predicted octanol–water partition coefficient (Wildman–Crippen LogP) is 1.04. The maximum Gasteiger partial charge on any atom is 0.245 e. The molecule has 5 nitrogen and oxygen atoms in total. The van der Waals surface area contributed by atoms with E-state index in [2.05, 4.69) is 26.1 Å². The molecule has 18 heavy (non-hydrogen) atoms. The van der Waals surface area contributed by atoms with Gasteiger partial charge in [0.05, 0.1) is 0 Å². The van der Waals surface area contributed by atoms with Gasteiger partial charge in [0.1, 0.15) is 5.76 Å². The number of nitrogens with one attached hydrogen (secondary N) is 1. The Morgan fingerprint density at radius 2 is 2.28 bits per heavy atom. The first-order chi connectivity index (χ1) is 8.55. The summed E-state index contributed by atoms with van der Waals surface area (Å²) in [6.45, 7) is 5.24. The number of nitrogens with zero attached hydrogens (tertiary/aromatic N) is 1. The summed E-state index contributed by atoms with van der Waals surface area (Å²) in [4.78, 5) is 14.0. The molecule has 3 N–H and O–H groups in total. The number of hydrogen-bond acceptors (Lipinski definition) is 4. The second kappa shape index (κ2) is 5.42. The lowest BCUT2D eigenvalue weighted by Gasteiger charge is -2.36. The molecule has 2 rings (SSSR count). The lowest BCUT2D eigenvalue weighted by molar-refractivity contribution is -0.131. The van der Waals surface area contributed by atoms with E-state index in [1.807, 2.05) is 6.92 Å². The van der Waals surface area contributed by atoms with Crippen LogP contribution in [0.15, 0.2) is 21.2 Å². The number of carbonyl (C=O) groups is 1. The summed E-state index contributed by atoms with van der Waals surface area (Å²) in [7, 11) is 0. The normalized spacial score (nSPS) is 21.2. The quantitative estimate of drug-likeness (QED) is 0.874. The van der Waals surface area contributed by atoms with E-state index >= 15 is 0 Å². The fourth-order valence-corrected chi connectivity index (χ4v) is 2.61. The predicted molar refractivity (Wildman–Crippen MR) is 72.0 cm³/mol. The van der Waals surface area contributed by atoms with Crippen LogP contribution in [0.5, 0.6) is 0 Å². The van der Waals surface area contributed by atoms with Crippen molar-refractivity contribution in [2.75, 3.05) is 26.2 Å². The van der Waals surface area contributed by atoms with Crippen molar-refractivity contribution in [3.8, 4) is 0 Å². The minimum absolute atomic E-state index is 0.383. The first-order valence-corrected chi connectivity index (χ1v) is 6.86. The van der Waals surface area contributed by atoms with Gasteiger partial charge < -0.3 is 15.5 Å². The molecular weight excluding hydrogens is 298 g/mol. The number of furan rings is 1. The van der Waals surface area contributed by atoms with Crippen molar-refractivity contribution in [1.82, 2.24) is 10.2 Å². The molecule has 1 aliphatic heterocycles. The minimum Gasteiger partial charge on any atom is -0.452 e. The van der Waals surface area contributed by atoms with Gasteiger partial charge in [-0.05, 0) is 48.0 Å². The third kappa shape index (κ3) is 2.46. The first kappa shape index (κ1) is 13.6. The van der Waals surface area contributed by atoms with Gasteiger partial charge in [-0.3, -0.25) is 9.69 Å². The third-order valence-electron chi connectivity index (χ3n) is 3.51.